The Hall–Kier alpha value is -3.35. The van der Waals surface area contributed by atoms with Crippen LogP contribution in [0.1, 0.15) is 15.9 Å². The third kappa shape index (κ3) is 4.93. The van der Waals surface area contributed by atoms with Crippen molar-refractivity contribution in [3.8, 4) is 11.5 Å². The van der Waals surface area contributed by atoms with Gasteiger partial charge in [-0.2, -0.15) is 0 Å². The summed E-state index contributed by atoms with van der Waals surface area (Å²) < 4.78 is 10.8. The zero-order valence-electron chi connectivity index (χ0n) is 16.5. The number of aliphatic hydroxyl groups excluding tert-OH is 4. The van der Waals surface area contributed by atoms with E-state index in [0.29, 0.717) is 5.56 Å². The van der Waals surface area contributed by atoms with E-state index in [1.807, 2.05) is 0 Å². The fourth-order valence-corrected chi connectivity index (χ4v) is 3.12. The maximum absolute atomic E-state index is 12.7. The second kappa shape index (κ2) is 9.85. The molecule has 2 aromatic rings. The predicted octanol–water partition coefficient (Wildman–Crippen LogP) is 0.375. The zero-order valence-corrected chi connectivity index (χ0v) is 16.5. The number of allylic oxidation sites excluding steroid dienone is 1. The summed E-state index contributed by atoms with van der Waals surface area (Å²) in [7, 11) is 0. The second-order valence-corrected chi connectivity index (χ2v) is 7.01. The highest BCUT2D eigenvalue weighted by molar-refractivity contribution is 6.10. The number of ether oxygens (including phenoxy) is 2. The number of hydrogen-bond donors (Lipinski definition) is 5. The lowest BCUT2D eigenvalue weighted by Gasteiger charge is -2.39. The molecule has 0 spiro atoms. The molecular formula is C21H21NO10. The van der Waals surface area contributed by atoms with Crippen molar-refractivity contribution in [3.05, 3.63) is 69.8 Å². The number of carbonyl (C=O) groups excluding carboxylic acids is 1. The number of rotatable bonds is 7. The molecule has 1 aliphatic heterocycles. The predicted molar refractivity (Wildman–Crippen MR) is 109 cm³/mol. The van der Waals surface area contributed by atoms with Gasteiger partial charge in [0.15, 0.2) is 5.78 Å². The number of non-ortho nitro benzene ring substituents is 1. The molecule has 1 heterocycles. The molecule has 170 valence electrons. The van der Waals surface area contributed by atoms with Gasteiger partial charge in [0.2, 0.25) is 6.29 Å². The van der Waals surface area contributed by atoms with Gasteiger partial charge in [0.25, 0.3) is 5.69 Å². The fourth-order valence-electron chi connectivity index (χ4n) is 3.12. The molecule has 2 aromatic carbocycles. The van der Waals surface area contributed by atoms with E-state index >= 15 is 0 Å². The number of hydrogen-bond acceptors (Lipinski definition) is 10. The van der Waals surface area contributed by atoms with Crippen molar-refractivity contribution < 1.29 is 44.7 Å². The Morgan fingerprint density at radius 2 is 1.78 bits per heavy atom. The summed E-state index contributed by atoms with van der Waals surface area (Å²) in [5.41, 5.74) is 0.128. The van der Waals surface area contributed by atoms with Crippen LogP contribution in [0.15, 0.2) is 48.5 Å². The number of benzene rings is 2. The molecule has 0 bridgehead atoms. The van der Waals surface area contributed by atoms with Crippen LogP contribution in [-0.2, 0) is 4.74 Å². The molecule has 0 radical (unpaired) electrons. The summed E-state index contributed by atoms with van der Waals surface area (Å²) in [4.78, 5) is 22.9. The van der Waals surface area contributed by atoms with Crippen LogP contribution in [0.2, 0.25) is 0 Å². The molecule has 1 fully saturated rings. The van der Waals surface area contributed by atoms with Gasteiger partial charge in [0.1, 0.15) is 41.5 Å². The average Bonchev–Trinajstić information content (AvgIpc) is 2.78. The lowest BCUT2D eigenvalue weighted by molar-refractivity contribution is -0.384. The molecule has 32 heavy (non-hydrogen) atoms. The monoisotopic (exact) mass is 447 g/mol. The van der Waals surface area contributed by atoms with Crippen molar-refractivity contribution in [1.29, 1.82) is 0 Å². The van der Waals surface area contributed by atoms with Crippen LogP contribution in [0.5, 0.6) is 11.5 Å². The summed E-state index contributed by atoms with van der Waals surface area (Å²) in [6.07, 6.45) is -5.20. The van der Waals surface area contributed by atoms with E-state index in [4.69, 9.17) is 9.47 Å². The number of nitro benzene ring substituents is 1. The first-order valence-corrected chi connectivity index (χ1v) is 9.49. The highest BCUT2D eigenvalue weighted by Crippen LogP contribution is 2.32. The SMILES string of the molecule is O=C(/C=C/c1ccc([N+](=O)[O-])cc1)c1c(O)cccc1O[C@H]1O[C@@H](CO)[C@@H](O)[C@@H](O)[C@H]1O. The van der Waals surface area contributed by atoms with E-state index in [1.54, 1.807) is 0 Å². The van der Waals surface area contributed by atoms with Gasteiger partial charge in [0, 0.05) is 12.1 Å². The Morgan fingerprint density at radius 1 is 1.09 bits per heavy atom. The molecule has 0 amide bonds. The van der Waals surface area contributed by atoms with E-state index < -0.39 is 53.8 Å². The molecule has 11 heteroatoms. The first-order valence-electron chi connectivity index (χ1n) is 9.49. The number of aliphatic hydroxyl groups is 4. The highest BCUT2D eigenvalue weighted by Gasteiger charge is 2.45. The Labute approximate surface area is 181 Å². The zero-order chi connectivity index (χ0) is 23.4. The molecule has 0 aliphatic carbocycles. The van der Waals surface area contributed by atoms with Crippen molar-refractivity contribution in [2.45, 2.75) is 30.7 Å². The number of carbonyl (C=O) groups is 1. The Kier molecular flexibility index (Phi) is 7.18. The molecule has 0 saturated carbocycles. The van der Waals surface area contributed by atoms with Gasteiger partial charge in [0.05, 0.1) is 11.5 Å². The van der Waals surface area contributed by atoms with E-state index in [0.717, 1.165) is 6.08 Å². The minimum Gasteiger partial charge on any atom is -0.507 e. The topological polar surface area (TPSA) is 180 Å². The van der Waals surface area contributed by atoms with E-state index in [9.17, 15) is 40.4 Å². The molecule has 1 saturated heterocycles. The minimum absolute atomic E-state index is 0.107. The summed E-state index contributed by atoms with van der Waals surface area (Å²) >= 11 is 0. The van der Waals surface area contributed by atoms with Gasteiger partial charge < -0.3 is 35.0 Å². The van der Waals surface area contributed by atoms with Crippen molar-refractivity contribution in [2.24, 2.45) is 0 Å². The molecule has 5 N–H and O–H groups in total. The van der Waals surface area contributed by atoms with Crippen molar-refractivity contribution in [2.75, 3.05) is 6.61 Å². The summed E-state index contributed by atoms with van der Waals surface area (Å²) in [5, 5.41) is 60.1. The lowest BCUT2D eigenvalue weighted by Crippen LogP contribution is -2.60. The number of phenols is 1. The van der Waals surface area contributed by atoms with Crippen LogP contribution in [0.25, 0.3) is 6.08 Å². The van der Waals surface area contributed by atoms with Crippen LogP contribution >= 0.6 is 0 Å². The Bertz CT molecular complexity index is 1000. The van der Waals surface area contributed by atoms with Crippen molar-refractivity contribution in [3.63, 3.8) is 0 Å². The van der Waals surface area contributed by atoms with E-state index in [2.05, 4.69) is 0 Å². The van der Waals surface area contributed by atoms with Crippen LogP contribution in [0, 0.1) is 10.1 Å². The van der Waals surface area contributed by atoms with Gasteiger partial charge in [-0.15, -0.1) is 0 Å². The van der Waals surface area contributed by atoms with Crippen LogP contribution in [0.4, 0.5) is 5.69 Å². The molecule has 5 atom stereocenters. The standard InChI is InChI=1S/C21H21NO10/c23-10-16-18(26)19(27)20(28)21(32-16)31-15-3-1-2-13(24)17(15)14(25)9-6-11-4-7-12(8-5-11)22(29)30/h1-9,16,18-21,23-24,26-28H,10H2/b9-6+/t16-,18+,19+,20+,21-/m0/s1. The molecular weight excluding hydrogens is 426 g/mol. The third-order valence-corrected chi connectivity index (χ3v) is 4.87. The Morgan fingerprint density at radius 3 is 2.41 bits per heavy atom. The number of aromatic hydroxyl groups is 1. The summed E-state index contributed by atoms with van der Waals surface area (Å²) in [5.74, 6) is -1.28. The van der Waals surface area contributed by atoms with Crippen LogP contribution in [-0.4, -0.2) is 73.6 Å². The molecule has 1 aliphatic rings. The van der Waals surface area contributed by atoms with Crippen LogP contribution < -0.4 is 4.74 Å². The maximum Gasteiger partial charge on any atom is 0.269 e. The minimum atomic E-state index is -1.70. The van der Waals surface area contributed by atoms with E-state index in [1.165, 1.54) is 48.5 Å². The summed E-state index contributed by atoms with van der Waals surface area (Å²) in [6.45, 7) is -0.658. The first kappa shape index (κ1) is 23.3. The van der Waals surface area contributed by atoms with Crippen molar-refractivity contribution in [1.82, 2.24) is 0 Å². The van der Waals surface area contributed by atoms with Gasteiger partial charge >= 0.3 is 0 Å². The normalized spacial score (nSPS) is 25.6. The molecule has 3 rings (SSSR count). The molecule has 11 nitrogen and oxygen atoms in total. The van der Waals surface area contributed by atoms with Gasteiger partial charge in [-0.05, 0) is 35.9 Å². The highest BCUT2D eigenvalue weighted by atomic mass is 16.7. The third-order valence-electron chi connectivity index (χ3n) is 4.87. The van der Waals surface area contributed by atoms with Gasteiger partial charge in [-0.1, -0.05) is 12.1 Å². The maximum atomic E-state index is 12.7. The number of ketones is 1. The van der Waals surface area contributed by atoms with Crippen LogP contribution in [0.3, 0.4) is 0 Å². The van der Waals surface area contributed by atoms with Crippen molar-refractivity contribution >= 4 is 17.5 Å². The fraction of sp³-hybridized carbons (Fsp3) is 0.286. The largest absolute Gasteiger partial charge is 0.507 e. The Balaban J connectivity index is 1.82. The number of phenolic OH excluding ortho intramolecular Hbond substituents is 1. The molecule has 0 unspecified atom stereocenters. The average molecular weight is 447 g/mol. The lowest BCUT2D eigenvalue weighted by atomic mass is 9.99. The van der Waals surface area contributed by atoms with Gasteiger partial charge in [-0.3, -0.25) is 14.9 Å². The smallest absolute Gasteiger partial charge is 0.269 e. The first-order chi connectivity index (χ1) is 15.2. The number of nitrogens with zero attached hydrogens (tertiary/aromatic N) is 1. The number of nitro groups is 1. The summed E-state index contributed by atoms with van der Waals surface area (Å²) in [6, 6.07) is 9.39. The molecule has 0 aromatic heterocycles. The van der Waals surface area contributed by atoms with Gasteiger partial charge in [-0.25, -0.2) is 0 Å². The second-order valence-electron chi connectivity index (χ2n) is 7.01. The quantitative estimate of drug-likeness (QED) is 0.172. The van der Waals surface area contributed by atoms with E-state index in [-0.39, 0.29) is 17.0 Å².